The molecule has 0 saturated heterocycles. The number of thioether (sulfide) groups is 1. The van der Waals surface area contributed by atoms with Crippen LogP contribution in [0.15, 0.2) is 36.7 Å². The predicted molar refractivity (Wildman–Crippen MR) is 132 cm³/mol. The van der Waals surface area contributed by atoms with Gasteiger partial charge in [0.2, 0.25) is 0 Å². The van der Waals surface area contributed by atoms with Crippen molar-refractivity contribution in [1.82, 2.24) is 9.97 Å². The maximum atomic E-state index is 12.9. The number of aliphatic carboxylic acids is 1. The van der Waals surface area contributed by atoms with Crippen LogP contribution in [0.2, 0.25) is 0 Å². The molecule has 2 aliphatic rings. The monoisotopic (exact) mass is 468 g/mol. The number of hydrogen-bond donors (Lipinski definition) is 2. The highest BCUT2D eigenvalue weighted by molar-refractivity contribution is 7.98. The summed E-state index contributed by atoms with van der Waals surface area (Å²) in [5.41, 5.74) is 2.18. The van der Waals surface area contributed by atoms with E-state index in [0.717, 1.165) is 29.6 Å². The van der Waals surface area contributed by atoms with Crippen molar-refractivity contribution < 1.29 is 14.7 Å². The molecule has 2 aromatic rings. The Kier molecular flexibility index (Phi) is 8.20. The smallest absolute Gasteiger partial charge is 0.304 e. The maximum Gasteiger partial charge on any atom is 0.304 e. The second kappa shape index (κ2) is 11.5. The number of benzene rings is 1. The highest BCUT2D eigenvalue weighted by Gasteiger charge is 2.30. The van der Waals surface area contributed by atoms with E-state index in [1.807, 2.05) is 30.3 Å². The standard InChI is InChI=1S/C25H32N4O3S/c30-24(31)12-13-33-16-19-8-10-20(11-9-19)28-25(32)22-14-23(27-17-26-22)29(15-18-6-7-18)21-4-2-1-3-5-21/h8-11,14,17-18,21H,1-7,12-13,15-16H2,(H,28,32)(H,30,31). The Morgan fingerprint density at radius 2 is 1.82 bits per heavy atom. The van der Waals surface area contributed by atoms with Gasteiger partial charge in [0, 0.05) is 35.8 Å². The van der Waals surface area contributed by atoms with Crippen molar-refractivity contribution in [2.24, 2.45) is 5.92 Å². The number of rotatable bonds is 11. The van der Waals surface area contributed by atoms with E-state index in [0.29, 0.717) is 23.2 Å². The minimum atomic E-state index is -0.775. The molecule has 2 N–H and O–H groups in total. The summed E-state index contributed by atoms with van der Waals surface area (Å²) in [4.78, 5) is 34.7. The zero-order chi connectivity index (χ0) is 23.0. The largest absolute Gasteiger partial charge is 0.481 e. The lowest BCUT2D eigenvalue weighted by Crippen LogP contribution is -2.39. The molecule has 0 aliphatic heterocycles. The van der Waals surface area contributed by atoms with Gasteiger partial charge in [0.1, 0.15) is 17.8 Å². The van der Waals surface area contributed by atoms with E-state index in [9.17, 15) is 9.59 Å². The molecule has 1 aromatic carbocycles. The third-order valence-electron chi connectivity index (χ3n) is 6.29. The van der Waals surface area contributed by atoms with Gasteiger partial charge in [0.15, 0.2) is 0 Å². The summed E-state index contributed by atoms with van der Waals surface area (Å²) in [5, 5.41) is 11.6. The topological polar surface area (TPSA) is 95.4 Å². The molecule has 0 bridgehead atoms. The predicted octanol–water partition coefficient (Wildman–Crippen LogP) is 4.99. The van der Waals surface area contributed by atoms with Crippen LogP contribution < -0.4 is 10.2 Å². The lowest BCUT2D eigenvalue weighted by molar-refractivity contribution is -0.136. The van der Waals surface area contributed by atoms with Crippen molar-refractivity contribution in [1.29, 1.82) is 0 Å². The van der Waals surface area contributed by atoms with Gasteiger partial charge >= 0.3 is 5.97 Å². The first kappa shape index (κ1) is 23.5. The van der Waals surface area contributed by atoms with Gasteiger partial charge in [-0.15, -0.1) is 0 Å². The molecule has 33 heavy (non-hydrogen) atoms. The van der Waals surface area contributed by atoms with Crippen LogP contribution in [0.5, 0.6) is 0 Å². The number of nitrogens with one attached hydrogen (secondary N) is 1. The minimum absolute atomic E-state index is 0.165. The average molecular weight is 469 g/mol. The molecule has 2 saturated carbocycles. The molecule has 2 fully saturated rings. The Bertz CT molecular complexity index is 943. The van der Waals surface area contributed by atoms with Crippen molar-refractivity contribution in [3.05, 3.63) is 47.9 Å². The first-order valence-corrected chi connectivity index (χ1v) is 13.0. The van der Waals surface area contributed by atoms with Gasteiger partial charge in [0.25, 0.3) is 5.91 Å². The quantitative estimate of drug-likeness (QED) is 0.449. The molecule has 0 radical (unpaired) electrons. The number of carbonyl (C=O) groups is 2. The molecular weight excluding hydrogens is 436 g/mol. The summed E-state index contributed by atoms with van der Waals surface area (Å²) in [7, 11) is 0. The van der Waals surface area contributed by atoms with Crippen LogP contribution in [-0.2, 0) is 10.5 Å². The van der Waals surface area contributed by atoms with Crippen molar-refractivity contribution in [2.75, 3.05) is 22.5 Å². The Balaban J connectivity index is 1.37. The van der Waals surface area contributed by atoms with Crippen molar-refractivity contribution in [3.63, 3.8) is 0 Å². The minimum Gasteiger partial charge on any atom is -0.481 e. The highest BCUT2D eigenvalue weighted by atomic mass is 32.2. The van der Waals surface area contributed by atoms with E-state index >= 15 is 0 Å². The highest BCUT2D eigenvalue weighted by Crippen LogP contribution is 2.34. The number of hydrogen-bond acceptors (Lipinski definition) is 6. The van der Waals surface area contributed by atoms with E-state index in [1.54, 1.807) is 11.8 Å². The molecule has 4 rings (SSSR count). The lowest BCUT2D eigenvalue weighted by Gasteiger charge is -2.35. The van der Waals surface area contributed by atoms with Gasteiger partial charge in [-0.3, -0.25) is 9.59 Å². The van der Waals surface area contributed by atoms with Gasteiger partial charge < -0.3 is 15.3 Å². The van der Waals surface area contributed by atoms with E-state index < -0.39 is 5.97 Å². The molecule has 2 aliphatic carbocycles. The number of anilines is 2. The molecule has 0 atom stereocenters. The van der Waals surface area contributed by atoms with Crippen molar-refractivity contribution in [3.8, 4) is 0 Å². The number of carboxylic acids is 1. The fourth-order valence-corrected chi connectivity index (χ4v) is 5.15. The van der Waals surface area contributed by atoms with Gasteiger partial charge in [-0.05, 0) is 49.3 Å². The van der Waals surface area contributed by atoms with Gasteiger partial charge in [0.05, 0.1) is 6.42 Å². The number of amides is 1. The summed E-state index contributed by atoms with van der Waals surface area (Å²) in [6.45, 7) is 1.02. The first-order chi connectivity index (χ1) is 16.1. The van der Waals surface area contributed by atoms with Crippen LogP contribution >= 0.6 is 11.8 Å². The second-order valence-electron chi connectivity index (χ2n) is 9.00. The van der Waals surface area contributed by atoms with Crippen molar-refractivity contribution >= 4 is 35.1 Å². The Hall–Kier alpha value is -2.61. The molecule has 1 amide bonds. The third kappa shape index (κ3) is 7.19. The molecular formula is C25H32N4O3S. The summed E-state index contributed by atoms with van der Waals surface area (Å²) < 4.78 is 0. The van der Waals surface area contributed by atoms with Crippen molar-refractivity contribution in [2.45, 2.75) is 63.2 Å². The molecule has 8 heteroatoms. The molecule has 1 heterocycles. The van der Waals surface area contributed by atoms with Crippen LogP contribution in [0, 0.1) is 5.92 Å². The van der Waals surface area contributed by atoms with Crippen LogP contribution in [0.25, 0.3) is 0 Å². The fraction of sp³-hybridized carbons (Fsp3) is 0.520. The molecule has 1 aromatic heterocycles. The fourth-order valence-electron chi connectivity index (χ4n) is 4.26. The zero-order valence-corrected chi connectivity index (χ0v) is 19.7. The van der Waals surface area contributed by atoms with Crippen LogP contribution in [0.1, 0.15) is 67.4 Å². The Morgan fingerprint density at radius 3 is 2.52 bits per heavy atom. The Labute approximate surface area is 199 Å². The number of carboxylic acid groups (broad SMARTS) is 1. The SMILES string of the molecule is O=C(O)CCSCc1ccc(NC(=O)c2cc(N(CC3CC3)C3CCCCC3)ncn2)cc1. The normalized spacial score (nSPS) is 16.4. The summed E-state index contributed by atoms with van der Waals surface area (Å²) in [5.74, 6) is 1.93. The first-order valence-electron chi connectivity index (χ1n) is 11.9. The van der Waals surface area contributed by atoms with Gasteiger partial charge in [-0.2, -0.15) is 11.8 Å². The lowest BCUT2D eigenvalue weighted by atomic mass is 9.94. The molecule has 7 nitrogen and oxygen atoms in total. The van der Waals surface area contributed by atoms with E-state index in [1.165, 1.54) is 51.3 Å². The average Bonchev–Trinajstić information content (AvgIpc) is 3.66. The van der Waals surface area contributed by atoms with E-state index in [4.69, 9.17) is 5.11 Å². The van der Waals surface area contributed by atoms with Crippen LogP contribution in [0.3, 0.4) is 0 Å². The third-order valence-corrected chi connectivity index (χ3v) is 7.32. The van der Waals surface area contributed by atoms with Crippen LogP contribution in [-0.4, -0.2) is 45.3 Å². The second-order valence-corrected chi connectivity index (χ2v) is 10.1. The molecule has 0 unspecified atom stereocenters. The van der Waals surface area contributed by atoms with E-state index in [-0.39, 0.29) is 12.3 Å². The summed E-state index contributed by atoms with van der Waals surface area (Å²) in [6, 6.07) is 9.99. The number of nitrogens with zero attached hydrogens (tertiary/aromatic N) is 3. The number of carbonyl (C=O) groups excluding carboxylic acids is 1. The number of aromatic nitrogens is 2. The maximum absolute atomic E-state index is 12.9. The molecule has 0 spiro atoms. The summed E-state index contributed by atoms with van der Waals surface area (Å²) >= 11 is 1.59. The van der Waals surface area contributed by atoms with Gasteiger partial charge in [-0.1, -0.05) is 31.4 Å². The molecule has 176 valence electrons. The van der Waals surface area contributed by atoms with Crippen LogP contribution in [0.4, 0.5) is 11.5 Å². The van der Waals surface area contributed by atoms with E-state index in [2.05, 4.69) is 20.2 Å². The Morgan fingerprint density at radius 1 is 1.06 bits per heavy atom. The zero-order valence-electron chi connectivity index (χ0n) is 18.9. The summed E-state index contributed by atoms with van der Waals surface area (Å²) in [6.07, 6.45) is 10.5. The van der Waals surface area contributed by atoms with Gasteiger partial charge in [-0.25, -0.2) is 9.97 Å².